The van der Waals surface area contributed by atoms with Gasteiger partial charge in [-0.3, -0.25) is 4.90 Å². The van der Waals surface area contributed by atoms with E-state index in [0.29, 0.717) is 0 Å². The number of nitrogens with zero attached hydrogens (tertiary/aromatic N) is 1. The molecule has 0 bridgehead atoms. The topological polar surface area (TPSA) is 3.24 Å². The average molecular weight is 193 g/mol. The van der Waals surface area contributed by atoms with Gasteiger partial charge in [-0.2, -0.15) is 0 Å². The SMILES string of the molecule is C=CCN1CC=C(CCCCC)CC1. The van der Waals surface area contributed by atoms with Gasteiger partial charge >= 0.3 is 0 Å². The highest BCUT2D eigenvalue weighted by Crippen LogP contribution is 2.17. The maximum absolute atomic E-state index is 3.77. The first-order chi connectivity index (χ1) is 6.86. The van der Waals surface area contributed by atoms with Crippen LogP contribution in [0.4, 0.5) is 0 Å². The standard InChI is InChI=1S/C13H23N/c1-3-5-6-7-13-8-11-14(10-4-2)12-9-13/h4,8H,2-3,5-7,9-12H2,1H3. The molecule has 80 valence electrons. The summed E-state index contributed by atoms with van der Waals surface area (Å²) in [4.78, 5) is 2.44. The highest BCUT2D eigenvalue weighted by atomic mass is 15.1. The first kappa shape index (κ1) is 11.5. The highest BCUT2D eigenvalue weighted by Gasteiger charge is 2.09. The number of rotatable bonds is 6. The second kappa shape index (κ2) is 6.83. The highest BCUT2D eigenvalue weighted by molar-refractivity contribution is 5.07. The second-order valence-electron chi connectivity index (χ2n) is 4.12. The van der Waals surface area contributed by atoms with E-state index in [9.17, 15) is 0 Å². The zero-order chi connectivity index (χ0) is 10.2. The summed E-state index contributed by atoms with van der Waals surface area (Å²) in [6, 6.07) is 0. The van der Waals surface area contributed by atoms with Crippen LogP contribution in [0.1, 0.15) is 39.0 Å². The Balaban J connectivity index is 2.19. The maximum atomic E-state index is 3.77. The molecule has 0 aliphatic carbocycles. The molecule has 0 unspecified atom stereocenters. The third kappa shape index (κ3) is 4.10. The molecule has 0 saturated heterocycles. The molecule has 1 heteroatoms. The van der Waals surface area contributed by atoms with Crippen molar-refractivity contribution in [2.45, 2.75) is 39.0 Å². The molecule has 0 atom stereocenters. The maximum Gasteiger partial charge on any atom is 0.0169 e. The molecule has 1 aliphatic rings. The van der Waals surface area contributed by atoms with Crippen molar-refractivity contribution in [3.63, 3.8) is 0 Å². The molecule has 0 aromatic carbocycles. The summed E-state index contributed by atoms with van der Waals surface area (Å²) in [6.07, 6.45) is 11.1. The minimum atomic E-state index is 1.04. The molecule has 1 rings (SSSR count). The molecular formula is C13H23N. The molecule has 0 aromatic rings. The molecule has 0 aromatic heterocycles. The molecule has 14 heavy (non-hydrogen) atoms. The van der Waals surface area contributed by atoms with Crippen molar-refractivity contribution in [3.8, 4) is 0 Å². The van der Waals surface area contributed by atoms with Crippen molar-refractivity contribution in [1.82, 2.24) is 4.90 Å². The van der Waals surface area contributed by atoms with Crippen molar-refractivity contribution in [2.75, 3.05) is 19.6 Å². The van der Waals surface area contributed by atoms with Gasteiger partial charge in [-0.1, -0.05) is 37.5 Å². The van der Waals surface area contributed by atoms with E-state index in [-0.39, 0.29) is 0 Å². The van der Waals surface area contributed by atoms with Gasteiger partial charge in [0.1, 0.15) is 0 Å². The molecule has 0 saturated carbocycles. The monoisotopic (exact) mass is 193 g/mol. The van der Waals surface area contributed by atoms with E-state index < -0.39 is 0 Å². The molecule has 0 radical (unpaired) electrons. The summed E-state index contributed by atoms with van der Waals surface area (Å²) in [5.41, 5.74) is 1.68. The van der Waals surface area contributed by atoms with Gasteiger partial charge in [-0.05, 0) is 19.3 Å². The van der Waals surface area contributed by atoms with Gasteiger partial charge < -0.3 is 0 Å². The van der Waals surface area contributed by atoms with Gasteiger partial charge in [0.15, 0.2) is 0 Å². The molecule has 1 aliphatic heterocycles. The second-order valence-corrected chi connectivity index (χ2v) is 4.12. The minimum Gasteiger partial charge on any atom is -0.296 e. The molecule has 0 fully saturated rings. The Morgan fingerprint density at radius 2 is 2.36 bits per heavy atom. The van der Waals surface area contributed by atoms with Crippen molar-refractivity contribution in [3.05, 3.63) is 24.3 Å². The summed E-state index contributed by atoms with van der Waals surface area (Å²) >= 11 is 0. The first-order valence-electron chi connectivity index (χ1n) is 5.88. The molecule has 0 spiro atoms. The summed E-state index contributed by atoms with van der Waals surface area (Å²) < 4.78 is 0. The first-order valence-corrected chi connectivity index (χ1v) is 5.88. The van der Waals surface area contributed by atoms with Crippen molar-refractivity contribution >= 4 is 0 Å². The molecular weight excluding hydrogens is 170 g/mol. The Kier molecular flexibility index (Phi) is 5.62. The third-order valence-electron chi connectivity index (χ3n) is 2.88. The minimum absolute atomic E-state index is 1.04. The van der Waals surface area contributed by atoms with Gasteiger partial charge in [0.2, 0.25) is 0 Å². The van der Waals surface area contributed by atoms with Crippen LogP contribution < -0.4 is 0 Å². The predicted molar refractivity (Wildman–Crippen MR) is 63.5 cm³/mol. The van der Waals surface area contributed by atoms with Crippen molar-refractivity contribution < 1.29 is 0 Å². The summed E-state index contributed by atoms with van der Waals surface area (Å²) in [5, 5.41) is 0. The number of hydrogen-bond donors (Lipinski definition) is 0. The van der Waals surface area contributed by atoms with Gasteiger partial charge in [0, 0.05) is 19.6 Å². The van der Waals surface area contributed by atoms with E-state index in [1.165, 1.54) is 38.6 Å². The zero-order valence-corrected chi connectivity index (χ0v) is 9.47. The molecule has 1 nitrogen and oxygen atoms in total. The van der Waals surface area contributed by atoms with E-state index in [1.54, 1.807) is 5.57 Å². The fraction of sp³-hybridized carbons (Fsp3) is 0.692. The van der Waals surface area contributed by atoms with Gasteiger partial charge in [-0.25, -0.2) is 0 Å². The van der Waals surface area contributed by atoms with Crippen molar-refractivity contribution in [2.24, 2.45) is 0 Å². The summed E-state index contributed by atoms with van der Waals surface area (Å²) in [6.45, 7) is 9.44. The van der Waals surface area contributed by atoms with E-state index in [1.807, 2.05) is 6.08 Å². The Labute approximate surface area is 88.5 Å². The van der Waals surface area contributed by atoms with Crippen LogP contribution in [0.3, 0.4) is 0 Å². The Hall–Kier alpha value is -0.560. The van der Waals surface area contributed by atoms with Crippen LogP contribution >= 0.6 is 0 Å². The quantitative estimate of drug-likeness (QED) is 0.462. The molecule has 0 amide bonds. The lowest BCUT2D eigenvalue weighted by Crippen LogP contribution is -2.28. The van der Waals surface area contributed by atoms with Gasteiger partial charge in [0.25, 0.3) is 0 Å². The fourth-order valence-electron chi connectivity index (χ4n) is 1.93. The van der Waals surface area contributed by atoms with Crippen LogP contribution in [0.15, 0.2) is 24.3 Å². The van der Waals surface area contributed by atoms with E-state index in [4.69, 9.17) is 0 Å². The van der Waals surface area contributed by atoms with Crippen LogP contribution in [-0.4, -0.2) is 24.5 Å². The normalized spacial score (nSPS) is 17.9. The molecule has 0 N–H and O–H groups in total. The van der Waals surface area contributed by atoms with Gasteiger partial charge in [-0.15, -0.1) is 6.58 Å². The van der Waals surface area contributed by atoms with Crippen LogP contribution in [0.2, 0.25) is 0 Å². The third-order valence-corrected chi connectivity index (χ3v) is 2.88. The smallest absolute Gasteiger partial charge is 0.0169 e. The lowest BCUT2D eigenvalue weighted by molar-refractivity contribution is 0.322. The van der Waals surface area contributed by atoms with Crippen LogP contribution in [0.5, 0.6) is 0 Å². The van der Waals surface area contributed by atoms with E-state index >= 15 is 0 Å². The zero-order valence-electron chi connectivity index (χ0n) is 9.47. The number of hydrogen-bond acceptors (Lipinski definition) is 1. The largest absolute Gasteiger partial charge is 0.296 e. The van der Waals surface area contributed by atoms with Crippen LogP contribution in [-0.2, 0) is 0 Å². The fourth-order valence-corrected chi connectivity index (χ4v) is 1.93. The average Bonchev–Trinajstić information content (AvgIpc) is 2.21. The Bertz CT molecular complexity index is 193. The van der Waals surface area contributed by atoms with Gasteiger partial charge in [0.05, 0.1) is 0 Å². The van der Waals surface area contributed by atoms with E-state index in [0.717, 1.165) is 13.1 Å². The Morgan fingerprint density at radius 1 is 1.50 bits per heavy atom. The Morgan fingerprint density at radius 3 is 2.93 bits per heavy atom. The summed E-state index contributed by atoms with van der Waals surface area (Å²) in [7, 11) is 0. The lowest BCUT2D eigenvalue weighted by atomic mass is 10.0. The molecule has 1 heterocycles. The number of unbranched alkanes of at least 4 members (excludes halogenated alkanes) is 2. The summed E-state index contributed by atoms with van der Waals surface area (Å²) in [5.74, 6) is 0. The van der Waals surface area contributed by atoms with E-state index in [2.05, 4.69) is 24.5 Å². The van der Waals surface area contributed by atoms with Crippen LogP contribution in [0.25, 0.3) is 0 Å². The lowest BCUT2D eigenvalue weighted by Gasteiger charge is -2.24. The predicted octanol–water partition coefficient (Wildman–Crippen LogP) is 3.38. The van der Waals surface area contributed by atoms with Crippen molar-refractivity contribution in [1.29, 1.82) is 0 Å². The van der Waals surface area contributed by atoms with Crippen LogP contribution in [0, 0.1) is 0 Å².